The Morgan fingerprint density at radius 2 is 1.95 bits per heavy atom. The average Bonchev–Trinajstić information content (AvgIpc) is 2.48. The second-order valence-electron chi connectivity index (χ2n) is 4.42. The summed E-state index contributed by atoms with van der Waals surface area (Å²) in [5.41, 5.74) is 2.10. The predicted octanol–water partition coefficient (Wildman–Crippen LogP) is 2.07. The van der Waals surface area contributed by atoms with E-state index in [4.69, 9.17) is 4.74 Å². The summed E-state index contributed by atoms with van der Waals surface area (Å²) < 4.78 is 4.95. The Kier molecular flexibility index (Phi) is 4.41. The van der Waals surface area contributed by atoms with Crippen LogP contribution in [0.5, 0.6) is 6.01 Å². The van der Waals surface area contributed by atoms with E-state index in [0.29, 0.717) is 6.01 Å². The van der Waals surface area contributed by atoms with Crippen molar-refractivity contribution in [2.45, 2.75) is 19.5 Å². The lowest BCUT2D eigenvalue weighted by atomic mass is 10.2. The molecule has 2 rings (SSSR count). The summed E-state index contributed by atoms with van der Waals surface area (Å²) in [4.78, 5) is 14.8. The lowest BCUT2D eigenvalue weighted by Crippen LogP contribution is -2.22. The third-order valence-corrected chi connectivity index (χ3v) is 3.07. The molecule has 0 aliphatic heterocycles. The molecule has 0 aliphatic rings. The van der Waals surface area contributed by atoms with Crippen LogP contribution in [0.4, 0.5) is 0 Å². The number of aromatic nitrogens is 3. The monoisotopic (exact) mass is 258 g/mol. The highest BCUT2D eigenvalue weighted by Gasteiger charge is 2.13. The van der Waals surface area contributed by atoms with Crippen molar-refractivity contribution in [3.8, 4) is 6.01 Å². The summed E-state index contributed by atoms with van der Waals surface area (Å²) in [5, 5.41) is 0. The SMILES string of the molecule is COc1ncc(CN(C)[C@H](C)c2ccccn2)cn1. The van der Waals surface area contributed by atoms with Crippen molar-refractivity contribution in [1.29, 1.82) is 0 Å². The summed E-state index contributed by atoms with van der Waals surface area (Å²) in [6.07, 6.45) is 5.39. The maximum atomic E-state index is 4.95. The molecule has 0 amide bonds. The highest BCUT2D eigenvalue weighted by Crippen LogP contribution is 2.18. The normalized spacial score (nSPS) is 12.4. The molecule has 0 saturated heterocycles. The van der Waals surface area contributed by atoms with E-state index in [0.717, 1.165) is 17.8 Å². The van der Waals surface area contributed by atoms with Gasteiger partial charge in [0.15, 0.2) is 0 Å². The lowest BCUT2D eigenvalue weighted by Gasteiger charge is -2.23. The molecule has 0 spiro atoms. The highest BCUT2D eigenvalue weighted by molar-refractivity contribution is 5.10. The van der Waals surface area contributed by atoms with E-state index in [1.807, 2.05) is 24.4 Å². The van der Waals surface area contributed by atoms with Crippen LogP contribution in [0.1, 0.15) is 24.2 Å². The molecule has 19 heavy (non-hydrogen) atoms. The van der Waals surface area contributed by atoms with Gasteiger partial charge >= 0.3 is 6.01 Å². The molecule has 0 fully saturated rings. The van der Waals surface area contributed by atoms with Gasteiger partial charge in [0, 0.05) is 36.7 Å². The first-order chi connectivity index (χ1) is 9.20. The molecule has 2 aromatic heterocycles. The molecule has 0 aliphatic carbocycles. The largest absolute Gasteiger partial charge is 0.467 e. The quantitative estimate of drug-likeness (QED) is 0.821. The van der Waals surface area contributed by atoms with Crippen LogP contribution in [0, 0.1) is 0 Å². The van der Waals surface area contributed by atoms with Crippen molar-refractivity contribution in [1.82, 2.24) is 19.9 Å². The van der Waals surface area contributed by atoms with Gasteiger partial charge in [-0.15, -0.1) is 0 Å². The first-order valence-electron chi connectivity index (χ1n) is 6.17. The van der Waals surface area contributed by atoms with Crippen LogP contribution in [0.3, 0.4) is 0 Å². The number of methoxy groups -OCH3 is 1. The first kappa shape index (κ1) is 13.4. The smallest absolute Gasteiger partial charge is 0.316 e. The molecule has 5 nitrogen and oxygen atoms in total. The van der Waals surface area contributed by atoms with E-state index >= 15 is 0 Å². The summed E-state index contributed by atoms with van der Waals surface area (Å²) >= 11 is 0. The zero-order valence-electron chi connectivity index (χ0n) is 11.4. The molecular weight excluding hydrogens is 240 g/mol. The van der Waals surface area contributed by atoms with Crippen molar-refractivity contribution < 1.29 is 4.74 Å². The number of nitrogens with zero attached hydrogens (tertiary/aromatic N) is 4. The Bertz CT molecular complexity index is 501. The molecule has 0 aromatic carbocycles. The van der Waals surface area contributed by atoms with E-state index in [9.17, 15) is 0 Å². The topological polar surface area (TPSA) is 51.1 Å². The van der Waals surface area contributed by atoms with E-state index in [-0.39, 0.29) is 6.04 Å². The fraction of sp³-hybridized carbons (Fsp3) is 0.357. The Morgan fingerprint density at radius 1 is 1.21 bits per heavy atom. The van der Waals surface area contributed by atoms with Gasteiger partial charge in [0.05, 0.1) is 12.8 Å². The zero-order chi connectivity index (χ0) is 13.7. The Morgan fingerprint density at radius 3 is 2.53 bits per heavy atom. The number of hydrogen-bond donors (Lipinski definition) is 0. The maximum Gasteiger partial charge on any atom is 0.316 e. The second-order valence-corrected chi connectivity index (χ2v) is 4.42. The van der Waals surface area contributed by atoms with Crippen molar-refractivity contribution in [2.24, 2.45) is 0 Å². The van der Waals surface area contributed by atoms with Gasteiger partial charge < -0.3 is 4.74 Å². The van der Waals surface area contributed by atoms with Crippen LogP contribution in [0.15, 0.2) is 36.8 Å². The minimum Gasteiger partial charge on any atom is -0.467 e. The summed E-state index contributed by atoms with van der Waals surface area (Å²) in [6, 6.07) is 6.59. The third kappa shape index (κ3) is 3.48. The molecular formula is C14H18N4O. The van der Waals surface area contributed by atoms with Gasteiger partial charge in [0.2, 0.25) is 0 Å². The number of hydrogen-bond acceptors (Lipinski definition) is 5. The van der Waals surface area contributed by atoms with E-state index < -0.39 is 0 Å². The van der Waals surface area contributed by atoms with Crippen LogP contribution in [-0.2, 0) is 6.54 Å². The number of ether oxygens (including phenoxy) is 1. The van der Waals surface area contributed by atoms with Gasteiger partial charge in [-0.25, -0.2) is 9.97 Å². The molecule has 0 bridgehead atoms. The predicted molar refractivity (Wildman–Crippen MR) is 72.7 cm³/mol. The molecule has 0 saturated carbocycles. The Hall–Kier alpha value is -2.01. The maximum absolute atomic E-state index is 4.95. The van der Waals surface area contributed by atoms with Crippen molar-refractivity contribution in [3.63, 3.8) is 0 Å². The van der Waals surface area contributed by atoms with Gasteiger partial charge in [0.25, 0.3) is 0 Å². The van der Waals surface area contributed by atoms with Gasteiger partial charge in [-0.3, -0.25) is 9.88 Å². The molecule has 100 valence electrons. The van der Waals surface area contributed by atoms with E-state index in [2.05, 4.69) is 33.8 Å². The zero-order valence-corrected chi connectivity index (χ0v) is 11.4. The molecule has 0 N–H and O–H groups in total. The van der Waals surface area contributed by atoms with Gasteiger partial charge in [-0.2, -0.15) is 0 Å². The van der Waals surface area contributed by atoms with Crippen LogP contribution < -0.4 is 4.74 Å². The summed E-state index contributed by atoms with van der Waals surface area (Å²) in [5.74, 6) is 0. The number of rotatable bonds is 5. The molecule has 1 atom stereocenters. The van der Waals surface area contributed by atoms with Crippen molar-refractivity contribution in [3.05, 3.63) is 48.0 Å². The van der Waals surface area contributed by atoms with E-state index in [1.165, 1.54) is 0 Å². The fourth-order valence-corrected chi connectivity index (χ4v) is 1.80. The van der Waals surface area contributed by atoms with Crippen LogP contribution in [0.25, 0.3) is 0 Å². The van der Waals surface area contributed by atoms with Gasteiger partial charge in [-0.05, 0) is 26.1 Å². The summed E-state index contributed by atoms with van der Waals surface area (Å²) in [6.45, 7) is 2.90. The number of pyridine rings is 1. The van der Waals surface area contributed by atoms with Gasteiger partial charge in [0.1, 0.15) is 0 Å². The first-order valence-corrected chi connectivity index (χ1v) is 6.17. The lowest BCUT2D eigenvalue weighted by molar-refractivity contribution is 0.247. The minimum absolute atomic E-state index is 0.239. The molecule has 2 aromatic rings. The van der Waals surface area contributed by atoms with Crippen LogP contribution in [0.2, 0.25) is 0 Å². The highest BCUT2D eigenvalue weighted by atomic mass is 16.5. The van der Waals surface area contributed by atoms with E-state index in [1.54, 1.807) is 19.5 Å². The molecule has 0 radical (unpaired) electrons. The molecule has 2 heterocycles. The Labute approximate surface area is 113 Å². The second kappa shape index (κ2) is 6.24. The average molecular weight is 258 g/mol. The summed E-state index contributed by atoms with van der Waals surface area (Å²) in [7, 11) is 3.62. The molecule has 5 heteroatoms. The standard InChI is InChI=1S/C14H18N4O/c1-11(13-6-4-5-7-15-13)18(2)10-12-8-16-14(19-3)17-9-12/h4-9,11H,10H2,1-3H3/t11-/m1/s1. The van der Waals surface area contributed by atoms with Crippen molar-refractivity contribution in [2.75, 3.05) is 14.2 Å². The minimum atomic E-state index is 0.239. The van der Waals surface area contributed by atoms with Crippen molar-refractivity contribution >= 4 is 0 Å². The van der Waals surface area contributed by atoms with Gasteiger partial charge in [-0.1, -0.05) is 6.07 Å². The third-order valence-electron chi connectivity index (χ3n) is 3.07. The molecule has 0 unspecified atom stereocenters. The van der Waals surface area contributed by atoms with Crippen LogP contribution in [-0.4, -0.2) is 34.0 Å². The fourth-order valence-electron chi connectivity index (χ4n) is 1.80. The Balaban J connectivity index is 2.01. The van der Waals surface area contributed by atoms with Crippen LogP contribution >= 0.6 is 0 Å².